The van der Waals surface area contributed by atoms with Gasteiger partial charge >= 0.3 is 11.9 Å². The summed E-state index contributed by atoms with van der Waals surface area (Å²) in [6, 6.07) is 0. The summed E-state index contributed by atoms with van der Waals surface area (Å²) in [5.41, 5.74) is -7.08. The van der Waals surface area contributed by atoms with Crippen molar-refractivity contribution in [2.45, 2.75) is 58.4 Å². The summed E-state index contributed by atoms with van der Waals surface area (Å²) < 4.78 is 64.6. The smallest absolute Gasteiger partial charge is 0.313 e. The van der Waals surface area contributed by atoms with Gasteiger partial charge in [-0.2, -0.15) is 0 Å². The summed E-state index contributed by atoms with van der Waals surface area (Å²) in [4.78, 5) is 24.9. The Morgan fingerprint density at radius 2 is 1.29 bits per heavy atom. The van der Waals surface area contributed by atoms with Gasteiger partial charge in [0.2, 0.25) is 0 Å². The molecule has 28 heavy (non-hydrogen) atoms. The minimum absolute atomic E-state index is 0.210. The van der Waals surface area contributed by atoms with Gasteiger partial charge in [-0.25, -0.2) is 17.6 Å². The monoisotopic (exact) mass is 417 g/mol. The van der Waals surface area contributed by atoms with Crippen LogP contribution in [0.5, 0.6) is 0 Å². The van der Waals surface area contributed by atoms with E-state index in [2.05, 4.69) is 0 Å². The predicted molar refractivity (Wildman–Crippen MR) is 88.2 cm³/mol. The molecule has 1 rings (SSSR count). The van der Waals surface area contributed by atoms with Crippen molar-refractivity contribution in [1.29, 1.82) is 0 Å². The Morgan fingerprint density at radius 3 is 1.54 bits per heavy atom. The molecule has 1 aliphatic heterocycles. The number of alkyl halides is 4. The van der Waals surface area contributed by atoms with E-state index in [4.69, 9.17) is 9.47 Å². The van der Waals surface area contributed by atoms with E-state index in [0.717, 1.165) is 0 Å². The van der Waals surface area contributed by atoms with E-state index in [9.17, 15) is 37.4 Å². The van der Waals surface area contributed by atoms with E-state index in [1.165, 1.54) is 19.2 Å². The summed E-state index contributed by atoms with van der Waals surface area (Å²) in [6.07, 6.45) is -7.70. The zero-order valence-electron chi connectivity index (χ0n) is 16.1. The van der Waals surface area contributed by atoms with Gasteiger partial charge in [0.05, 0.1) is 13.2 Å². The van der Waals surface area contributed by atoms with Crippen molar-refractivity contribution in [2.24, 2.45) is 23.7 Å². The van der Waals surface area contributed by atoms with Crippen molar-refractivity contribution in [3.8, 4) is 0 Å². The highest BCUT2D eigenvalue weighted by Crippen LogP contribution is 2.48. The summed E-state index contributed by atoms with van der Waals surface area (Å²) in [6.45, 7) is 5.54. The summed E-state index contributed by atoms with van der Waals surface area (Å²) in [5, 5.41) is 22.4. The first-order chi connectivity index (χ1) is 12.9. The molecule has 1 heterocycles. The molecule has 7 nitrogen and oxygen atoms in total. The van der Waals surface area contributed by atoms with Gasteiger partial charge in [-0.1, -0.05) is 13.8 Å². The maximum absolute atomic E-state index is 13.8. The van der Waals surface area contributed by atoms with Crippen molar-refractivity contribution < 1.29 is 46.8 Å². The maximum Gasteiger partial charge on any atom is 0.313 e. The van der Waals surface area contributed by atoms with Crippen LogP contribution in [0.15, 0.2) is 0 Å². The highest BCUT2D eigenvalue weighted by molar-refractivity contribution is 5.79. The number of hydrogen-bond acceptors (Lipinski definition) is 7. The zero-order valence-corrected chi connectivity index (χ0v) is 16.1. The van der Waals surface area contributed by atoms with Gasteiger partial charge in [-0.3, -0.25) is 14.9 Å². The molecule has 164 valence electrons. The average molecular weight is 417 g/mol. The van der Waals surface area contributed by atoms with Gasteiger partial charge in [-0.15, -0.1) is 0 Å². The Balaban J connectivity index is 3.69. The van der Waals surface area contributed by atoms with Crippen molar-refractivity contribution in [1.82, 2.24) is 5.32 Å². The van der Waals surface area contributed by atoms with Crippen LogP contribution in [-0.4, -0.2) is 59.7 Å². The lowest BCUT2D eigenvalue weighted by Gasteiger charge is -2.53. The van der Waals surface area contributed by atoms with Crippen molar-refractivity contribution in [3.05, 3.63) is 0 Å². The second kappa shape index (κ2) is 9.36. The first-order valence-electron chi connectivity index (χ1n) is 9.00. The molecule has 0 amide bonds. The molecule has 0 bridgehead atoms. The fraction of sp³-hybridized carbons (Fsp3) is 0.882. The SMILES string of the molecule is CCOC(=O)C1C(CC(C)C)C(C(=O)OCC)C(O)(C(F)F)NC1(O)C(F)F. The number of carbonyl (C=O) groups is 2. The number of aliphatic hydroxyl groups is 2. The van der Waals surface area contributed by atoms with E-state index in [-0.39, 0.29) is 25.6 Å². The molecule has 1 aliphatic rings. The Bertz CT molecular complexity index is 522. The fourth-order valence-corrected chi connectivity index (χ4v) is 3.69. The molecule has 4 unspecified atom stereocenters. The molecule has 1 saturated heterocycles. The molecule has 0 aliphatic carbocycles. The van der Waals surface area contributed by atoms with Crippen LogP contribution in [0.2, 0.25) is 0 Å². The third-order valence-corrected chi connectivity index (χ3v) is 4.70. The largest absolute Gasteiger partial charge is 0.466 e. The number of piperidine rings is 1. The molecule has 0 saturated carbocycles. The molecule has 11 heteroatoms. The number of ether oxygens (including phenoxy) is 2. The minimum atomic E-state index is -3.75. The van der Waals surface area contributed by atoms with Gasteiger partial charge in [0, 0.05) is 0 Å². The number of rotatable bonds is 8. The van der Waals surface area contributed by atoms with Gasteiger partial charge < -0.3 is 19.7 Å². The van der Waals surface area contributed by atoms with Crippen molar-refractivity contribution in [3.63, 3.8) is 0 Å². The highest BCUT2D eigenvalue weighted by Gasteiger charge is 2.69. The quantitative estimate of drug-likeness (QED) is 0.406. The molecule has 4 atom stereocenters. The Labute approximate surface area is 160 Å². The molecular weight excluding hydrogens is 390 g/mol. The van der Waals surface area contributed by atoms with Crippen LogP contribution in [0.3, 0.4) is 0 Å². The van der Waals surface area contributed by atoms with Crippen LogP contribution in [0.4, 0.5) is 17.6 Å². The Hall–Kier alpha value is -1.46. The summed E-state index contributed by atoms with van der Waals surface area (Å²) >= 11 is 0. The summed E-state index contributed by atoms with van der Waals surface area (Å²) in [7, 11) is 0. The van der Waals surface area contributed by atoms with E-state index >= 15 is 0 Å². The van der Waals surface area contributed by atoms with Crippen LogP contribution < -0.4 is 5.32 Å². The molecule has 0 spiro atoms. The van der Waals surface area contributed by atoms with Crippen LogP contribution in [0, 0.1) is 23.7 Å². The highest BCUT2D eigenvalue weighted by atomic mass is 19.3. The number of hydrogen-bond donors (Lipinski definition) is 3. The van der Waals surface area contributed by atoms with Gasteiger partial charge in [0.25, 0.3) is 12.9 Å². The Morgan fingerprint density at radius 1 is 0.929 bits per heavy atom. The van der Waals surface area contributed by atoms with Gasteiger partial charge in [0.1, 0.15) is 11.8 Å². The molecule has 1 fully saturated rings. The molecule has 0 aromatic rings. The number of esters is 2. The van der Waals surface area contributed by atoms with E-state index < -0.39 is 54.0 Å². The molecule has 0 aromatic heterocycles. The lowest BCUT2D eigenvalue weighted by atomic mass is 9.64. The third-order valence-electron chi connectivity index (χ3n) is 4.70. The minimum Gasteiger partial charge on any atom is -0.466 e. The zero-order chi connectivity index (χ0) is 21.9. The van der Waals surface area contributed by atoms with Crippen LogP contribution in [0.25, 0.3) is 0 Å². The second-order valence-electron chi connectivity index (χ2n) is 7.13. The van der Waals surface area contributed by atoms with Crippen LogP contribution in [-0.2, 0) is 19.1 Å². The van der Waals surface area contributed by atoms with E-state index in [1.807, 2.05) is 0 Å². The molecular formula is C17H27F4NO6. The predicted octanol–water partition coefficient (Wildman–Crippen LogP) is 1.52. The van der Waals surface area contributed by atoms with Crippen LogP contribution >= 0.6 is 0 Å². The number of carbonyl (C=O) groups excluding carboxylic acids is 2. The van der Waals surface area contributed by atoms with E-state index in [1.54, 1.807) is 13.8 Å². The first kappa shape index (κ1) is 24.6. The number of halogens is 4. The molecule has 0 radical (unpaired) electrons. The van der Waals surface area contributed by atoms with Crippen molar-refractivity contribution in [2.75, 3.05) is 13.2 Å². The lowest BCUT2D eigenvalue weighted by molar-refractivity contribution is -0.289. The average Bonchev–Trinajstić information content (AvgIpc) is 2.53. The molecule has 3 N–H and O–H groups in total. The van der Waals surface area contributed by atoms with Gasteiger partial charge in [0.15, 0.2) is 11.4 Å². The van der Waals surface area contributed by atoms with Gasteiger partial charge in [-0.05, 0) is 32.1 Å². The second-order valence-corrected chi connectivity index (χ2v) is 7.13. The normalized spacial score (nSPS) is 33.4. The maximum atomic E-state index is 13.8. The van der Waals surface area contributed by atoms with E-state index in [0.29, 0.717) is 0 Å². The molecule has 0 aromatic carbocycles. The number of nitrogens with one attached hydrogen (secondary N) is 1. The standard InChI is InChI=1S/C17H27F4NO6/c1-5-27-12(23)10-9(7-8(3)4)11(13(24)28-6-2)17(26,15(20)21)22-16(10,25)14(18)19/h8-11,14-15,22,25-26H,5-7H2,1-4H3. The lowest BCUT2D eigenvalue weighted by Crippen LogP contribution is -2.78. The topological polar surface area (TPSA) is 105 Å². The van der Waals surface area contributed by atoms with Crippen molar-refractivity contribution >= 4 is 11.9 Å². The summed E-state index contributed by atoms with van der Waals surface area (Å²) in [5.74, 6) is -8.74. The fourth-order valence-electron chi connectivity index (χ4n) is 3.69. The first-order valence-corrected chi connectivity index (χ1v) is 9.00. The Kier molecular flexibility index (Phi) is 8.21. The third kappa shape index (κ3) is 4.57. The van der Waals surface area contributed by atoms with Crippen LogP contribution in [0.1, 0.15) is 34.1 Å².